The summed E-state index contributed by atoms with van der Waals surface area (Å²) in [4.78, 5) is 25.4. The second-order valence-electron chi connectivity index (χ2n) is 5.71. The molecule has 6 heteroatoms. The van der Waals surface area contributed by atoms with E-state index in [0.717, 1.165) is 12.8 Å². The van der Waals surface area contributed by atoms with Gasteiger partial charge in [0.15, 0.2) is 0 Å². The lowest BCUT2D eigenvalue weighted by molar-refractivity contribution is -0.132. The molecule has 25 heavy (non-hydrogen) atoms. The van der Waals surface area contributed by atoms with Gasteiger partial charge in [0, 0.05) is 19.2 Å². The van der Waals surface area contributed by atoms with Crippen LogP contribution in [-0.2, 0) is 16.0 Å². The molecule has 0 unspecified atom stereocenters. The third-order valence-electron chi connectivity index (χ3n) is 3.72. The fourth-order valence-electron chi connectivity index (χ4n) is 2.41. The fraction of sp³-hybridized carbons (Fsp3) is 0.263. The van der Waals surface area contributed by atoms with Crippen LogP contribution in [0.5, 0.6) is 0 Å². The van der Waals surface area contributed by atoms with Crippen molar-refractivity contribution < 1.29 is 14.0 Å². The molecule has 132 valence electrons. The third kappa shape index (κ3) is 6.19. The summed E-state index contributed by atoms with van der Waals surface area (Å²) in [5.41, 5.74) is 1.58. The second-order valence-corrected chi connectivity index (χ2v) is 6.11. The van der Waals surface area contributed by atoms with Crippen molar-refractivity contribution in [2.45, 2.75) is 19.8 Å². The molecule has 0 fully saturated rings. The van der Waals surface area contributed by atoms with Crippen LogP contribution in [-0.4, -0.2) is 29.8 Å². The van der Waals surface area contributed by atoms with Crippen LogP contribution in [0.3, 0.4) is 0 Å². The van der Waals surface area contributed by atoms with Gasteiger partial charge in [0.25, 0.3) is 0 Å². The number of carbonyl (C=O) groups is 2. The van der Waals surface area contributed by atoms with E-state index in [1.165, 1.54) is 35.6 Å². The van der Waals surface area contributed by atoms with Crippen molar-refractivity contribution in [3.05, 3.63) is 64.9 Å². The molecule has 0 aliphatic rings. The Labute approximate surface area is 151 Å². The molecule has 0 aliphatic heterocycles. The van der Waals surface area contributed by atoms with Gasteiger partial charge in [-0.1, -0.05) is 41.9 Å². The largest absolute Gasteiger partial charge is 0.334 e. The van der Waals surface area contributed by atoms with Gasteiger partial charge in [-0.2, -0.15) is 0 Å². The normalized spacial score (nSPS) is 10.4. The molecule has 0 spiro atoms. The number of rotatable bonds is 7. The summed E-state index contributed by atoms with van der Waals surface area (Å²) in [6, 6.07) is 13.9. The van der Waals surface area contributed by atoms with Crippen LogP contribution in [0.1, 0.15) is 18.9 Å². The van der Waals surface area contributed by atoms with Crippen molar-refractivity contribution in [1.82, 2.24) is 4.90 Å². The van der Waals surface area contributed by atoms with Crippen LogP contribution in [0.4, 0.5) is 10.1 Å². The Morgan fingerprint density at radius 3 is 2.52 bits per heavy atom. The van der Waals surface area contributed by atoms with Gasteiger partial charge in [0.1, 0.15) is 5.82 Å². The molecule has 0 aromatic heterocycles. The minimum absolute atomic E-state index is 0.0564. The van der Waals surface area contributed by atoms with E-state index in [4.69, 9.17) is 11.6 Å². The maximum Gasteiger partial charge on any atom is 0.243 e. The van der Waals surface area contributed by atoms with Crippen molar-refractivity contribution in [3.63, 3.8) is 0 Å². The molecule has 2 aromatic rings. The van der Waals surface area contributed by atoms with Crippen molar-refractivity contribution in [2.75, 3.05) is 18.4 Å². The van der Waals surface area contributed by atoms with Crippen LogP contribution in [0.15, 0.2) is 48.5 Å². The summed E-state index contributed by atoms with van der Waals surface area (Å²) in [5, 5.41) is 2.55. The van der Waals surface area contributed by atoms with Crippen molar-refractivity contribution in [2.24, 2.45) is 0 Å². The molecule has 0 bridgehead atoms. The number of aryl methyl sites for hydroxylation is 1. The zero-order valence-corrected chi connectivity index (χ0v) is 14.7. The van der Waals surface area contributed by atoms with Gasteiger partial charge < -0.3 is 10.2 Å². The van der Waals surface area contributed by atoms with Gasteiger partial charge in [-0.3, -0.25) is 9.59 Å². The first-order valence-electron chi connectivity index (χ1n) is 8.00. The lowest BCUT2D eigenvalue weighted by atomic mass is 10.1. The molecule has 1 N–H and O–H groups in total. The molecule has 2 rings (SSSR count). The summed E-state index contributed by atoms with van der Waals surface area (Å²) in [5.74, 6) is -1.07. The van der Waals surface area contributed by atoms with E-state index >= 15 is 0 Å². The highest BCUT2D eigenvalue weighted by atomic mass is 35.5. The number of benzene rings is 2. The number of amides is 2. The first kappa shape index (κ1) is 18.9. The lowest BCUT2D eigenvalue weighted by Crippen LogP contribution is -2.37. The van der Waals surface area contributed by atoms with E-state index < -0.39 is 5.82 Å². The Kier molecular flexibility index (Phi) is 6.95. The molecule has 0 saturated carbocycles. The van der Waals surface area contributed by atoms with Gasteiger partial charge >= 0.3 is 0 Å². The molecule has 0 aliphatic carbocycles. The van der Waals surface area contributed by atoms with Crippen LogP contribution >= 0.6 is 11.6 Å². The predicted molar refractivity (Wildman–Crippen MR) is 97.1 cm³/mol. The minimum atomic E-state index is -0.550. The average Bonchev–Trinajstić information content (AvgIpc) is 2.58. The summed E-state index contributed by atoms with van der Waals surface area (Å²) < 4.78 is 13.1. The van der Waals surface area contributed by atoms with Crippen molar-refractivity contribution >= 4 is 29.1 Å². The molecule has 0 saturated heterocycles. The molecule has 2 aromatic carbocycles. The van der Waals surface area contributed by atoms with E-state index in [0.29, 0.717) is 12.2 Å². The number of hydrogen-bond donors (Lipinski definition) is 1. The second kappa shape index (κ2) is 9.18. The Balaban J connectivity index is 1.86. The zero-order chi connectivity index (χ0) is 18.2. The number of nitrogens with one attached hydrogen (secondary N) is 1. The van der Waals surface area contributed by atoms with Crippen molar-refractivity contribution in [1.29, 1.82) is 0 Å². The van der Waals surface area contributed by atoms with Gasteiger partial charge in [0.05, 0.1) is 11.6 Å². The van der Waals surface area contributed by atoms with E-state index in [2.05, 4.69) is 5.32 Å². The molecular weight excluding hydrogens is 343 g/mol. The summed E-state index contributed by atoms with van der Waals surface area (Å²) >= 11 is 5.69. The van der Waals surface area contributed by atoms with E-state index in [9.17, 15) is 14.0 Å². The van der Waals surface area contributed by atoms with Crippen LogP contribution in [0.25, 0.3) is 0 Å². The monoisotopic (exact) mass is 362 g/mol. The number of carbonyl (C=O) groups excluding carboxylic acids is 2. The third-order valence-corrected chi connectivity index (χ3v) is 4.01. The SMILES string of the molecule is CC(=O)N(CCCc1ccccc1)CC(=O)Nc1ccc(F)c(Cl)c1. The Bertz CT molecular complexity index is 737. The topological polar surface area (TPSA) is 49.4 Å². The molecular formula is C19H20ClFN2O2. The molecule has 0 atom stereocenters. The van der Waals surface area contributed by atoms with Crippen LogP contribution < -0.4 is 5.32 Å². The molecule has 2 amide bonds. The maximum absolute atomic E-state index is 13.1. The quantitative estimate of drug-likeness (QED) is 0.812. The number of halogens is 2. The summed E-state index contributed by atoms with van der Waals surface area (Å²) in [6.45, 7) is 1.87. The van der Waals surface area contributed by atoms with Gasteiger partial charge in [-0.05, 0) is 36.6 Å². The molecule has 0 heterocycles. The van der Waals surface area contributed by atoms with Gasteiger partial charge in [-0.15, -0.1) is 0 Å². The molecule has 0 radical (unpaired) electrons. The Morgan fingerprint density at radius 1 is 1.16 bits per heavy atom. The van der Waals surface area contributed by atoms with Crippen molar-refractivity contribution in [3.8, 4) is 0 Å². The first-order valence-corrected chi connectivity index (χ1v) is 8.38. The number of nitrogens with zero attached hydrogens (tertiary/aromatic N) is 1. The number of hydrogen-bond acceptors (Lipinski definition) is 2. The molecule has 4 nitrogen and oxygen atoms in total. The zero-order valence-electron chi connectivity index (χ0n) is 14.0. The fourth-order valence-corrected chi connectivity index (χ4v) is 2.59. The Hall–Kier alpha value is -2.40. The van der Waals surface area contributed by atoms with E-state index in [1.807, 2.05) is 30.3 Å². The predicted octanol–water partition coefficient (Wildman–Crippen LogP) is 3.90. The maximum atomic E-state index is 13.1. The smallest absolute Gasteiger partial charge is 0.243 e. The van der Waals surface area contributed by atoms with E-state index in [-0.39, 0.29) is 23.4 Å². The van der Waals surface area contributed by atoms with E-state index in [1.54, 1.807) is 0 Å². The average molecular weight is 363 g/mol. The number of anilines is 1. The minimum Gasteiger partial charge on any atom is -0.334 e. The lowest BCUT2D eigenvalue weighted by Gasteiger charge is -2.20. The Morgan fingerprint density at radius 2 is 1.88 bits per heavy atom. The first-order chi connectivity index (χ1) is 12.0. The van der Waals surface area contributed by atoms with Gasteiger partial charge in [0.2, 0.25) is 11.8 Å². The summed E-state index contributed by atoms with van der Waals surface area (Å²) in [7, 11) is 0. The highest BCUT2D eigenvalue weighted by Gasteiger charge is 2.14. The van der Waals surface area contributed by atoms with Gasteiger partial charge in [-0.25, -0.2) is 4.39 Å². The standard InChI is InChI=1S/C19H20ClFN2O2/c1-14(24)23(11-5-8-15-6-3-2-4-7-15)13-19(25)22-16-9-10-18(21)17(20)12-16/h2-4,6-7,9-10,12H,5,8,11,13H2,1H3,(H,22,25). The highest BCUT2D eigenvalue weighted by Crippen LogP contribution is 2.19. The highest BCUT2D eigenvalue weighted by molar-refractivity contribution is 6.31. The van der Waals surface area contributed by atoms with Crippen LogP contribution in [0, 0.1) is 5.82 Å². The summed E-state index contributed by atoms with van der Waals surface area (Å²) in [6.07, 6.45) is 1.60. The van der Waals surface area contributed by atoms with Crippen LogP contribution in [0.2, 0.25) is 5.02 Å².